The Morgan fingerprint density at radius 1 is 1.50 bits per heavy atom. The summed E-state index contributed by atoms with van der Waals surface area (Å²) in [5.41, 5.74) is 9.34. The fourth-order valence-electron chi connectivity index (χ4n) is 1.17. The highest BCUT2D eigenvalue weighted by Gasteiger charge is 1.99. The van der Waals surface area contributed by atoms with Crippen molar-refractivity contribution in [3.63, 3.8) is 0 Å². The van der Waals surface area contributed by atoms with Crippen LogP contribution in [0.25, 0.3) is 6.08 Å². The van der Waals surface area contributed by atoms with Gasteiger partial charge in [0.15, 0.2) is 0 Å². The first-order chi connectivity index (χ1) is 5.61. The minimum Gasteiger partial charge on any atom is -0.364 e. The van der Waals surface area contributed by atoms with E-state index in [1.54, 1.807) is 0 Å². The summed E-state index contributed by atoms with van der Waals surface area (Å²) < 4.78 is 0. The van der Waals surface area contributed by atoms with Crippen LogP contribution in [0.1, 0.15) is 23.7 Å². The van der Waals surface area contributed by atoms with Crippen molar-refractivity contribution in [2.75, 3.05) is 0 Å². The van der Waals surface area contributed by atoms with Gasteiger partial charge in [0.25, 0.3) is 0 Å². The van der Waals surface area contributed by atoms with Gasteiger partial charge in [-0.3, -0.25) is 0 Å². The van der Waals surface area contributed by atoms with E-state index in [1.165, 1.54) is 16.8 Å². The van der Waals surface area contributed by atoms with Crippen LogP contribution in [0.15, 0.2) is 12.3 Å². The predicted molar refractivity (Wildman–Crippen MR) is 53.0 cm³/mol. The summed E-state index contributed by atoms with van der Waals surface area (Å²) >= 11 is 0. The molecule has 0 radical (unpaired) electrons. The number of H-pyrrole nitrogens is 1. The maximum atomic E-state index is 5.61. The van der Waals surface area contributed by atoms with Gasteiger partial charge in [0.05, 0.1) is 0 Å². The molecule has 0 amide bonds. The molecular formula is C10H16N2. The van der Waals surface area contributed by atoms with Crippen LogP contribution < -0.4 is 5.73 Å². The molecule has 0 aromatic carbocycles. The molecule has 0 spiro atoms. The molecule has 1 aromatic rings. The molecule has 66 valence electrons. The maximum Gasteiger partial charge on any atom is 0.0198 e. The molecule has 0 saturated heterocycles. The Hall–Kier alpha value is -1.02. The van der Waals surface area contributed by atoms with Crippen LogP contribution >= 0.6 is 0 Å². The molecular weight excluding hydrogens is 148 g/mol. The van der Waals surface area contributed by atoms with Crippen LogP contribution in [0.2, 0.25) is 0 Å². The summed E-state index contributed by atoms with van der Waals surface area (Å²) in [6, 6.07) is 0.124. The van der Waals surface area contributed by atoms with Gasteiger partial charge in [-0.2, -0.15) is 0 Å². The summed E-state index contributed by atoms with van der Waals surface area (Å²) in [4.78, 5) is 3.17. The lowest BCUT2D eigenvalue weighted by atomic mass is 10.1. The monoisotopic (exact) mass is 164 g/mol. The number of nitrogens with two attached hydrogens (primary N) is 1. The van der Waals surface area contributed by atoms with Crippen LogP contribution in [-0.4, -0.2) is 11.0 Å². The number of aromatic amines is 1. The molecule has 2 heteroatoms. The van der Waals surface area contributed by atoms with Crippen LogP contribution in [-0.2, 0) is 0 Å². The maximum absolute atomic E-state index is 5.61. The first-order valence-electron chi connectivity index (χ1n) is 4.19. The molecule has 0 bridgehead atoms. The highest BCUT2D eigenvalue weighted by Crippen LogP contribution is 2.13. The number of aryl methyl sites for hydroxylation is 2. The number of rotatable bonds is 2. The molecule has 0 saturated carbocycles. The lowest BCUT2D eigenvalue weighted by Crippen LogP contribution is -2.09. The Kier molecular flexibility index (Phi) is 2.71. The van der Waals surface area contributed by atoms with Crippen molar-refractivity contribution in [2.24, 2.45) is 5.73 Å². The molecule has 1 unspecified atom stereocenters. The van der Waals surface area contributed by atoms with E-state index in [0.29, 0.717) is 0 Å². The first kappa shape index (κ1) is 9.07. The third-order valence-corrected chi connectivity index (χ3v) is 1.90. The van der Waals surface area contributed by atoms with Crippen molar-refractivity contribution in [1.29, 1.82) is 0 Å². The first-order valence-corrected chi connectivity index (χ1v) is 4.19. The van der Waals surface area contributed by atoms with E-state index in [1.807, 2.05) is 19.2 Å². The standard InChI is InChI=1S/C10H16N2/c1-7-6-12-9(3)10(7)5-4-8(2)11/h4-6,8,12H,11H2,1-3H3/b5-4+. The minimum atomic E-state index is 0.124. The van der Waals surface area contributed by atoms with Crippen LogP contribution in [0.5, 0.6) is 0 Å². The number of hydrogen-bond donors (Lipinski definition) is 2. The van der Waals surface area contributed by atoms with Crippen LogP contribution in [0.4, 0.5) is 0 Å². The van der Waals surface area contributed by atoms with Crippen molar-refractivity contribution in [1.82, 2.24) is 4.98 Å². The van der Waals surface area contributed by atoms with Gasteiger partial charge >= 0.3 is 0 Å². The van der Waals surface area contributed by atoms with Crippen molar-refractivity contribution < 1.29 is 0 Å². The third-order valence-electron chi connectivity index (χ3n) is 1.90. The van der Waals surface area contributed by atoms with Gasteiger partial charge in [-0.05, 0) is 31.9 Å². The molecule has 0 aliphatic heterocycles. The number of aromatic nitrogens is 1. The summed E-state index contributed by atoms with van der Waals surface area (Å²) in [7, 11) is 0. The second-order valence-electron chi connectivity index (χ2n) is 3.23. The predicted octanol–water partition coefficient (Wildman–Crippen LogP) is 1.99. The summed E-state index contributed by atoms with van der Waals surface area (Å²) in [6.07, 6.45) is 6.09. The summed E-state index contributed by atoms with van der Waals surface area (Å²) in [6.45, 7) is 6.12. The Morgan fingerprint density at radius 2 is 2.17 bits per heavy atom. The van der Waals surface area contributed by atoms with Gasteiger partial charge in [-0.15, -0.1) is 0 Å². The van der Waals surface area contributed by atoms with Crippen LogP contribution in [0.3, 0.4) is 0 Å². The zero-order chi connectivity index (χ0) is 9.14. The lowest BCUT2D eigenvalue weighted by molar-refractivity contribution is 0.930. The van der Waals surface area contributed by atoms with E-state index >= 15 is 0 Å². The van der Waals surface area contributed by atoms with E-state index in [4.69, 9.17) is 5.73 Å². The molecule has 0 fully saturated rings. The van der Waals surface area contributed by atoms with E-state index in [9.17, 15) is 0 Å². The minimum absolute atomic E-state index is 0.124. The quantitative estimate of drug-likeness (QED) is 0.689. The SMILES string of the molecule is Cc1c[nH]c(C)c1/C=C/C(C)N. The van der Waals surface area contributed by atoms with Gasteiger partial charge in [0.1, 0.15) is 0 Å². The Bertz CT molecular complexity index is 263. The van der Waals surface area contributed by atoms with Gasteiger partial charge in [-0.25, -0.2) is 0 Å². The largest absolute Gasteiger partial charge is 0.364 e. The highest BCUT2D eigenvalue weighted by atomic mass is 14.7. The summed E-state index contributed by atoms with van der Waals surface area (Å²) in [5.74, 6) is 0. The second kappa shape index (κ2) is 3.59. The Morgan fingerprint density at radius 3 is 2.58 bits per heavy atom. The average molecular weight is 164 g/mol. The molecule has 1 heterocycles. The Balaban J connectivity index is 2.87. The topological polar surface area (TPSA) is 41.8 Å². The van der Waals surface area contributed by atoms with E-state index in [2.05, 4.69) is 24.9 Å². The molecule has 0 aliphatic rings. The zero-order valence-electron chi connectivity index (χ0n) is 7.89. The third kappa shape index (κ3) is 1.98. The molecule has 1 aromatic heterocycles. The highest BCUT2D eigenvalue weighted by molar-refractivity contribution is 5.56. The molecule has 1 rings (SSSR count). The van der Waals surface area contributed by atoms with Gasteiger partial charge in [0, 0.05) is 17.9 Å². The van der Waals surface area contributed by atoms with Gasteiger partial charge < -0.3 is 10.7 Å². The van der Waals surface area contributed by atoms with E-state index in [0.717, 1.165) is 0 Å². The van der Waals surface area contributed by atoms with Crippen molar-refractivity contribution in [2.45, 2.75) is 26.8 Å². The number of nitrogens with one attached hydrogen (secondary N) is 1. The summed E-state index contributed by atoms with van der Waals surface area (Å²) in [5, 5.41) is 0. The second-order valence-corrected chi connectivity index (χ2v) is 3.23. The zero-order valence-corrected chi connectivity index (χ0v) is 7.89. The van der Waals surface area contributed by atoms with Gasteiger partial charge in [0.2, 0.25) is 0 Å². The smallest absolute Gasteiger partial charge is 0.0198 e. The fraction of sp³-hybridized carbons (Fsp3) is 0.400. The van der Waals surface area contributed by atoms with E-state index in [-0.39, 0.29) is 6.04 Å². The lowest BCUT2D eigenvalue weighted by Gasteiger charge is -1.96. The molecule has 12 heavy (non-hydrogen) atoms. The molecule has 3 N–H and O–H groups in total. The van der Waals surface area contributed by atoms with Gasteiger partial charge in [-0.1, -0.05) is 12.2 Å². The average Bonchev–Trinajstić information content (AvgIpc) is 2.28. The van der Waals surface area contributed by atoms with E-state index < -0.39 is 0 Å². The molecule has 0 aliphatic carbocycles. The van der Waals surface area contributed by atoms with Crippen molar-refractivity contribution in [3.8, 4) is 0 Å². The van der Waals surface area contributed by atoms with Crippen molar-refractivity contribution >= 4 is 6.08 Å². The Labute approximate surface area is 73.5 Å². The molecule has 2 nitrogen and oxygen atoms in total. The van der Waals surface area contributed by atoms with Crippen LogP contribution in [0, 0.1) is 13.8 Å². The van der Waals surface area contributed by atoms with Crippen molar-refractivity contribution in [3.05, 3.63) is 29.1 Å². The number of hydrogen-bond acceptors (Lipinski definition) is 1. The molecule has 1 atom stereocenters. The normalized spacial score (nSPS) is 14.0. The fourth-order valence-corrected chi connectivity index (χ4v) is 1.17.